The molecule has 3 N–H and O–H groups in total. The molecule has 0 amide bonds. The minimum atomic E-state index is -0.104. The van der Waals surface area contributed by atoms with Crippen molar-refractivity contribution in [2.75, 3.05) is 0 Å². The molecule has 1 aromatic rings. The number of ketones is 1. The Hall–Kier alpha value is -0.860. The highest BCUT2D eigenvalue weighted by Gasteiger charge is 2.15. The van der Waals surface area contributed by atoms with Crippen LogP contribution in [0, 0.1) is 0 Å². The van der Waals surface area contributed by atoms with Crippen molar-refractivity contribution in [2.45, 2.75) is 19.4 Å². The number of hydrogen-bond acceptors (Lipinski definition) is 1. The van der Waals surface area contributed by atoms with Gasteiger partial charge in [0.15, 0.2) is 0 Å². The Morgan fingerprint density at radius 3 is 2.38 bits per heavy atom. The van der Waals surface area contributed by atoms with Crippen molar-refractivity contribution in [2.24, 2.45) is 0 Å². The van der Waals surface area contributed by atoms with Crippen LogP contribution >= 0.6 is 0 Å². The van der Waals surface area contributed by atoms with Crippen molar-refractivity contribution in [1.82, 2.24) is 0 Å². The summed E-state index contributed by atoms with van der Waals surface area (Å²) < 4.78 is 0. The van der Waals surface area contributed by atoms with E-state index < -0.39 is 0 Å². The molecule has 2 nitrogen and oxygen atoms in total. The number of Topliss-reactive ketones (excluding diaryl/α,β-unsaturated/α-hetero) is 1. The van der Waals surface area contributed by atoms with E-state index in [2.05, 4.69) is 5.73 Å². The molecule has 0 aliphatic heterocycles. The number of hydrogen-bond donors (Lipinski definition) is 1. The minimum Gasteiger partial charge on any atom is -1.00 e. The van der Waals surface area contributed by atoms with Gasteiger partial charge in [-0.25, -0.2) is 0 Å². The average molecular weight is 200 g/mol. The maximum absolute atomic E-state index is 11.5. The van der Waals surface area contributed by atoms with Crippen molar-refractivity contribution in [3.8, 4) is 0 Å². The summed E-state index contributed by atoms with van der Waals surface area (Å²) in [6.07, 6.45) is 0.799. The van der Waals surface area contributed by atoms with E-state index >= 15 is 0 Å². The van der Waals surface area contributed by atoms with Gasteiger partial charge in [0.05, 0.1) is 0 Å². The molecule has 0 aliphatic carbocycles. The van der Waals surface area contributed by atoms with Crippen molar-refractivity contribution < 1.29 is 22.9 Å². The van der Waals surface area contributed by atoms with Crippen LogP contribution in [0.2, 0.25) is 0 Å². The van der Waals surface area contributed by atoms with E-state index in [9.17, 15) is 4.79 Å². The first-order chi connectivity index (χ1) is 5.75. The van der Waals surface area contributed by atoms with E-state index in [0.29, 0.717) is 0 Å². The van der Waals surface area contributed by atoms with Gasteiger partial charge in [-0.05, 0) is 0 Å². The third kappa shape index (κ3) is 3.17. The molecule has 0 spiro atoms. The highest BCUT2D eigenvalue weighted by Crippen LogP contribution is 2.02. The van der Waals surface area contributed by atoms with Gasteiger partial charge in [-0.1, -0.05) is 37.3 Å². The van der Waals surface area contributed by atoms with Gasteiger partial charge in [0.2, 0.25) is 5.78 Å². The predicted octanol–water partition coefficient (Wildman–Crippen LogP) is -2.11. The topological polar surface area (TPSA) is 44.7 Å². The van der Waals surface area contributed by atoms with Crippen molar-refractivity contribution >= 4 is 5.78 Å². The quantitative estimate of drug-likeness (QED) is 0.557. The lowest BCUT2D eigenvalue weighted by Crippen LogP contribution is -3.00. The zero-order valence-electron chi connectivity index (χ0n) is 7.66. The van der Waals surface area contributed by atoms with Crippen LogP contribution in [0.1, 0.15) is 23.7 Å². The summed E-state index contributed by atoms with van der Waals surface area (Å²) in [5.41, 5.74) is 4.55. The highest BCUT2D eigenvalue weighted by molar-refractivity contribution is 5.98. The molecule has 0 saturated carbocycles. The van der Waals surface area contributed by atoms with Gasteiger partial charge in [-0.2, -0.15) is 0 Å². The molecule has 0 aromatic heterocycles. The fourth-order valence-electron chi connectivity index (χ4n) is 1.02. The lowest BCUT2D eigenvalue weighted by atomic mass is 10.0. The maximum Gasteiger partial charge on any atom is 0.219 e. The van der Waals surface area contributed by atoms with Crippen LogP contribution < -0.4 is 18.1 Å². The van der Waals surface area contributed by atoms with Crippen LogP contribution in [0.5, 0.6) is 0 Å². The first-order valence-electron chi connectivity index (χ1n) is 4.18. The van der Waals surface area contributed by atoms with Crippen LogP contribution in [0.25, 0.3) is 0 Å². The molecule has 0 bridgehead atoms. The predicted molar refractivity (Wildman–Crippen MR) is 47.7 cm³/mol. The standard InChI is InChI=1S/C10H13NO.ClH/c1-2-9(11)10(12)8-6-4-3-5-7-8;/h3-7,9H,2,11H2,1H3;1H/t9-;/m0./s1. The average Bonchev–Trinajstić information content (AvgIpc) is 2.17. The van der Waals surface area contributed by atoms with E-state index in [1.165, 1.54) is 0 Å². The number of carbonyl (C=O) groups excluding carboxylic acids is 1. The van der Waals surface area contributed by atoms with Crippen molar-refractivity contribution in [3.05, 3.63) is 35.9 Å². The smallest absolute Gasteiger partial charge is 0.219 e. The fraction of sp³-hybridized carbons (Fsp3) is 0.300. The molecule has 0 aliphatic rings. The molecule has 3 heteroatoms. The molecule has 0 unspecified atom stereocenters. The summed E-state index contributed by atoms with van der Waals surface area (Å²) in [7, 11) is 0. The fourth-order valence-corrected chi connectivity index (χ4v) is 1.02. The number of carbonyl (C=O) groups is 1. The molecule has 0 radical (unpaired) electrons. The maximum atomic E-state index is 11.5. The summed E-state index contributed by atoms with van der Waals surface area (Å²) >= 11 is 0. The second-order valence-corrected chi connectivity index (χ2v) is 2.84. The molecule has 0 heterocycles. The molecule has 1 atom stereocenters. The van der Waals surface area contributed by atoms with E-state index in [-0.39, 0.29) is 24.2 Å². The van der Waals surface area contributed by atoms with E-state index in [0.717, 1.165) is 12.0 Å². The Bertz CT molecular complexity index is 261. The van der Waals surface area contributed by atoms with E-state index in [1.807, 2.05) is 37.3 Å². The lowest BCUT2D eigenvalue weighted by molar-refractivity contribution is -0.399. The van der Waals surface area contributed by atoms with E-state index in [4.69, 9.17) is 0 Å². The summed E-state index contributed by atoms with van der Waals surface area (Å²) in [5.74, 6) is 0.137. The number of benzene rings is 1. The van der Waals surface area contributed by atoms with Crippen LogP contribution in [-0.4, -0.2) is 11.8 Å². The van der Waals surface area contributed by atoms with Gasteiger partial charge in [0.1, 0.15) is 6.04 Å². The summed E-state index contributed by atoms with van der Waals surface area (Å²) in [6.45, 7) is 1.97. The number of quaternary nitrogens is 1. The van der Waals surface area contributed by atoms with Gasteiger partial charge < -0.3 is 18.1 Å². The van der Waals surface area contributed by atoms with E-state index in [1.54, 1.807) is 0 Å². The number of rotatable bonds is 3. The van der Waals surface area contributed by atoms with Gasteiger partial charge in [0, 0.05) is 12.0 Å². The second-order valence-electron chi connectivity index (χ2n) is 2.84. The van der Waals surface area contributed by atoms with Crippen molar-refractivity contribution in [1.29, 1.82) is 0 Å². The second kappa shape index (κ2) is 5.73. The molecule has 13 heavy (non-hydrogen) atoms. The zero-order valence-corrected chi connectivity index (χ0v) is 8.42. The summed E-state index contributed by atoms with van der Waals surface area (Å²) in [5, 5.41) is 0. The minimum absolute atomic E-state index is 0. The summed E-state index contributed by atoms with van der Waals surface area (Å²) in [4.78, 5) is 11.5. The Balaban J connectivity index is 0.00000144. The van der Waals surface area contributed by atoms with Crippen molar-refractivity contribution in [3.63, 3.8) is 0 Å². The normalized spacial score (nSPS) is 11.5. The zero-order chi connectivity index (χ0) is 8.97. The van der Waals surface area contributed by atoms with Gasteiger partial charge in [-0.15, -0.1) is 0 Å². The van der Waals surface area contributed by atoms with Gasteiger partial charge in [-0.3, -0.25) is 4.79 Å². The Labute approximate surface area is 84.5 Å². The molecular formula is C10H14ClNO. The van der Waals surface area contributed by atoms with Crippen LogP contribution in [0.4, 0.5) is 0 Å². The SMILES string of the molecule is CC[C@H]([NH3+])C(=O)c1ccccc1.[Cl-]. The molecule has 0 fully saturated rings. The molecule has 0 saturated heterocycles. The monoisotopic (exact) mass is 199 g/mol. The lowest BCUT2D eigenvalue weighted by Gasteiger charge is -2.03. The first kappa shape index (κ1) is 12.1. The third-order valence-corrected chi connectivity index (χ3v) is 1.92. The Kier molecular flexibility index (Phi) is 5.35. The molecule has 1 rings (SSSR count). The highest BCUT2D eigenvalue weighted by atomic mass is 35.5. The van der Waals surface area contributed by atoms with Gasteiger partial charge in [0.25, 0.3) is 0 Å². The Morgan fingerprint density at radius 1 is 1.38 bits per heavy atom. The van der Waals surface area contributed by atoms with Crippen LogP contribution in [0.3, 0.4) is 0 Å². The molecule has 72 valence electrons. The molecular weight excluding hydrogens is 186 g/mol. The van der Waals surface area contributed by atoms with Gasteiger partial charge >= 0.3 is 0 Å². The third-order valence-electron chi connectivity index (χ3n) is 1.92. The molecule has 1 aromatic carbocycles. The summed E-state index contributed by atoms with van der Waals surface area (Å²) in [6, 6.07) is 9.20. The van der Waals surface area contributed by atoms with Crippen LogP contribution in [0.15, 0.2) is 30.3 Å². The number of halogens is 1. The Morgan fingerprint density at radius 2 is 1.92 bits per heavy atom. The van der Waals surface area contributed by atoms with Crippen LogP contribution in [-0.2, 0) is 0 Å². The largest absolute Gasteiger partial charge is 1.00 e. The first-order valence-corrected chi connectivity index (χ1v) is 4.18.